The molecule has 2 N–H and O–H groups in total. The van der Waals surface area contributed by atoms with Gasteiger partial charge >= 0.3 is 0 Å². The Balaban J connectivity index is 2.05. The van der Waals surface area contributed by atoms with Crippen LogP contribution < -0.4 is 5.32 Å². The number of aliphatic hydroxyl groups is 1. The van der Waals surface area contributed by atoms with Crippen molar-refractivity contribution in [2.45, 2.75) is 19.0 Å². The molecule has 1 aliphatic heterocycles. The maximum absolute atomic E-state index is 8.82. The minimum Gasteiger partial charge on any atom is -0.396 e. The molecule has 1 unspecified atom stereocenters. The zero-order valence-corrected chi connectivity index (χ0v) is 9.35. The van der Waals surface area contributed by atoms with Gasteiger partial charge in [0.05, 0.1) is 0 Å². The smallest absolute Gasteiger partial charge is 0.146 e. The summed E-state index contributed by atoms with van der Waals surface area (Å²) < 4.78 is 0. The van der Waals surface area contributed by atoms with Crippen LogP contribution >= 0.6 is 0 Å². The maximum Gasteiger partial charge on any atom is 0.146 e. The molecule has 84 valence electrons. The number of hydrogen-bond donors (Lipinski definition) is 2. The van der Waals surface area contributed by atoms with Crippen molar-refractivity contribution in [2.24, 2.45) is 4.99 Å². The van der Waals surface area contributed by atoms with E-state index in [2.05, 4.69) is 10.3 Å². The molecule has 1 atom stereocenters. The summed E-state index contributed by atoms with van der Waals surface area (Å²) in [5.41, 5.74) is 1.86. The van der Waals surface area contributed by atoms with Gasteiger partial charge in [0.25, 0.3) is 0 Å². The first-order valence-corrected chi connectivity index (χ1v) is 5.43. The fourth-order valence-corrected chi connectivity index (χ4v) is 1.72. The van der Waals surface area contributed by atoms with Crippen LogP contribution in [0.2, 0.25) is 0 Å². The van der Waals surface area contributed by atoms with Crippen molar-refractivity contribution in [2.75, 3.05) is 11.9 Å². The van der Waals surface area contributed by atoms with Crippen LogP contribution in [-0.2, 0) is 6.42 Å². The highest BCUT2D eigenvalue weighted by atomic mass is 16.2. The molecule has 0 fully saturated rings. The molecule has 0 spiro atoms. The fraction of sp³-hybridized carbons (Fsp3) is 0.308. The summed E-state index contributed by atoms with van der Waals surface area (Å²) in [6.07, 6.45) is 6.46. The molecule has 0 saturated heterocycles. The molecule has 2 rings (SSSR count). The van der Waals surface area contributed by atoms with E-state index in [4.69, 9.17) is 5.11 Å². The molecule has 3 nitrogen and oxygen atoms in total. The van der Waals surface area contributed by atoms with Crippen LogP contribution in [0, 0.1) is 0 Å². The molecule has 3 heteroatoms. The molecule has 0 bridgehead atoms. The lowest BCUT2D eigenvalue weighted by Crippen LogP contribution is -2.27. The number of rotatable bonds is 4. The van der Waals surface area contributed by atoms with Gasteiger partial charge in [-0.1, -0.05) is 12.1 Å². The normalized spacial score (nSPS) is 22.6. The first-order valence-electron chi connectivity index (χ1n) is 5.43. The fourth-order valence-electron chi connectivity index (χ4n) is 1.72. The summed E-state index contributed by atoms with van der Waals surface area (Å²) in [6, 6.07) is 8.06. The lowest BCUT2D eigenvalue weighted by molar-refractivity contribution is 0.299. The van der Waals surface area contributed by atoms with Crippen LogP contribution in [0.15, 0.2) is 41.4 Å². The lowest BCUT2D eigenvalue weighted by atomic mass is 10.1. The van der Waals surface area contributed by atoms with Crippen molar-refractivity contribution in [3.63, 3.8) is 0 Å². The van der Waals surface area contributed by atoms with Crippen LogP contribution in [-0.4, -0.2) is 23.6 Å². The van der Waals surface area contributed by atoms with Gasteiger partial charge in [0.1, 0.15) is 5.66 Å². The Kier molecular flexibility index (Phi) is 3.06. The molecule has 0 radical (unpaired) electrons. The van der Waals surface area contributed by atoms with Crippen molar-refractivity contribution in [3.8, 4) is 0 Å². The zero-order chi connectivity index (χ0) is 11.4. The van der Waals surface area contributed by atoms with Gasteiger partial charge in [0.15, 0.2) is 0 Å². The van der Waals surface area contributed by atoms with Crippen molar-refractivity contribution in [3.05, 3.63) is 42.0 Å². The highest BCUT2D eigenvalue weighted by molar-refractivity contribution is 5.76. The Hall–Kier alpha value is -1.61. The summed E-state index contributed by atoms with van der Waals surface area (Å²) in [5.74, 6) is 0. The first-order chi connectivity index (χ1) is 7.72. The highest BCUT2D eigenvalue weighted by Crippen LogP contribution is 2.20. The van der Waals surface area contributed by atoms with Crippen LogP contribution in [0.3, 0.4) is 0 Å². The van der Waals surface area contributed by atoms with Crippen molar-refractivity contribution >= 4 is 11.9 Å². The van der Waals surface area contributed by atoms with Gasteiger partial charge in [-0.05, 0) is 43.2 Å². The number of aliphatic hydroxyl groups excluding tert-OH is 1. The molecule has 0 amide bonds. The maximum atomic E-state index is 8.82. The monoisotopic (exact) mass is 216 g/mol. The predicted molar refractivity (Wildman–Crippen MR) is 66.9 cm³/mol. The predicted octanol–water partition coefficient (Wildman–Crippen LogP) is 1.99. The Morgan fingerprint density at radius 2 is 2.06 bits per heavy atom. The molecule has 1 aromatic carbocycles. The zero-order valence-electron chi connectivity index (χ0n) is 9.35. The van der Waals surface area contributed by atoms with E-state index in [1.807, 2.05) is 43.3 Å². The van der Waals surface area contributed by atoms with Crippen LogP contribution in [0.4, 0.5) is 5.69 Å². The van der Waals surface area contributed by atoms with Crippen LogP contribution in [0.5, 0.6) is 0 Å². The third kappa shape index (κ3) is 2.49. The Morgan fingerprint density at radius 3 is 2.62 bits per heavy atom. The summed E-state index contributed by atoms with van der Waals surface area (Å²) >= 11 is 0. The molecule has 1 aliphatic rings. The lowest BCUT2D eigenvalue weighted by Gasteiger charge is -2.21. The van der Waals surface area contributed by atoms with E-state index >= 15 is 0 Å². The van der Waals surface area contributed by atoms with Gasteiger partial charge in [0, 0.05) is 18.5 Å². The molecular weight excluding hydrogens is 200 g/mol. The van der Waals surface area contributed by atoms with Gasteiger partial charge in [-0.25, -0.2) is 0 Å². The van der Waals surface area contributed by atoms with E-state index in [1.165, 1.54) is 0 Å². The van der Waals surface area contributed by atoms with Gasteiger partial charge < -0.3 is 10.4 Å². The van der Waals surface area contributed by atoms with Gasteiger partial charge in [-0.2, -0.15) is 0 Å². The number of hydrogen-bond acceptors (Lipinski definition) is 3. The van der Waals surface area contributed by atoms with Crippen molar-refractivity contribution < 1.29 is 5.11 Å². The summed E-state index contributed by atoms with van der Waals surface area (Å²) in [7, 11) is 0. The molecule has 0 aromatic heterocycles. The molecule has 1 aromatic rings. The average molecular weight is 216 g/mol. The van der Waals surface area contributed by atoms with Crippen molar-refractivity contribution in [1.29, 1.82) is 0 Å². The van der Waals surface area contributed by atoms with Gasteiger partial charge in [-0.3, -0.25) is 4.99 Å². The standard InChI is InChI=1S/C13H16N2O/c1-13(8-2-9-14-13)15-12-5-3-11(4-6-12)7-10-16/h2-6,8-9,15-16H,7,10H2,1H3. The molecule has 1 heterocycles. The second-order valence-corrected chi connectivity index (χ2v) is 4.08. The quantitative estimate of drug-likeness (QED) is 0.808. The Labute approximate surface area is 95.5 Å². The Bertz CT molecular complexity index is 394. The number of nitrogens with zero attached hydrogens (tertiary/aromatic N) is 1. The molecular formula is C13H16N2O. The third-order valence-corrected chi connectivity index (χ3v) is 2.60. The largest absolute Gasteiger partial charge is 0.396 e. The number of nitrogens with one attached hydrogen (secondary N) is 1. The average Bonchev–Trinajstić information content (AvgIpc) is 2.68. The SMILES string of the molecule is CC1(Nc2ccc(CCO)cc2)C=CC=N1. The van der Waals surface area contributed by atoms with E-state index in [0.717, 1.165) is 11.3 Å². The second kappa shape index (κ2) is 4.49. The van der Waals surface area contributed by atoms with E-state index in [1.54, 1.807) is 6.21 Å². The van der Waals surface area contributed by atoms with Crippen LogP contribution in [0.25, 0.3) is 0 Å². The molecule has 16 heavy (non-hydrogen) atoms. The van der Waals surface area contributed by atoms with E-state index in [9.17, 15) is 0 Å². The van der Waals surface area contributed by atoms with Crippen LogP contribution in [0.1, 0.15) is 12.5 Å². The third-order valence-electron chi connectivity index (χ3n) is 2.60. The second-order valence-electron chi connectivity index (χ2n) is 4.08. The van der Waals surface area contributed by atoms with Gasteiger partial charge in [0.2, 0.25) is 0 Å². The van der Waals surface area contributed by atoms with E-state index in [-0.39, 0.29) is 12.3 Å². The number of anilines is 1. The minimum absolute atomic E-state index is 0.192. The number of allylic oxidation sites excluding steroid dienone is 1. The van der Waals surface area contributed by atoms with Gasteiger partial charge in [-0.15, -0.1) is 0 Å². The van der Waals surface area contributed by atoms with E-state index < -0.39 is 0 Å². The Morgan fingerprint density at radius 1 is 1.31 bits per heavy atom. The topological polar surface area (TPSA) is 44.6 Å². The molecule has 0 aliphatic carbocycles. The summed E-state index contributed by atoms with van der Waals surface area (Å²) in [6.45, 7) is 2.21. The first kappa shape index (κ1) is 10.9. The van der Waals surface area contributed by atoms with E-state index in [0.29, 0.717) is 6.42 Å². The minimum atomic E-state index is -0.321. The molecule has 0 saturated carbocycles. The number of aliphatic imine (C=N–C) groups is 1. The number of benzene rings is 1. The van der Waals surface area contributed by atoms with Crippen molar-refractivity contribution in [1.82, 2.24) is 0 Å². The summed E-state index contributed by atoms with van der Waals surface area (Å²) in [5, 5.41) is 12.2. The highest BCUT2D eigenvalue weighted by Gasteiger charge is 2.20. The summed E-state index contributed by atoms with van der Waals surface area (Å²) in [4.78, 5) is 4.33.